The Morgan fingerprint density at radius 2 is 2.08 bits per heavy atom. The lowest BCUT2D eigenvalue weighted by Crippen LogP contribution is -2.31. The van der Waals surface area contributed by atoms with Gasteiger partial charge in [-0.15, -0.1) is 11.3 Å². The molecule has 1 fully saturated rings. The molecule has 1 aliphatic rings. The summed E-state index contributed by atoms with van der Waals surface area (Å²) >= 11 is 1.56. The molecule has 132 valence electrons. The van der Waals surface area contributed by atoms with Crippen molar-refractivity contribution < 1.29 is 4.79 Å². The molecule has 6 nitrogen and oxygen atoms in total. The number of rotatable bonds is 6. The van der Waals surface area contributed by atoms with Crippen LogP contribution < -0.4 is 10.9 Å². The van der Waals surface area contributed by atoms with Crippen molar-refractivity contribution in [1.29, 1.82) is 0 Å². The number of nitrogens with zero attached hydrogens (tertiary/aromatic N) is 2. The number of H-pyrrole nitrogens is 1. The molecule has 0 radical (unpaired) electrons. The van der Waals surface area contributed by atoms with E-state index in [0.717, 1.165) is 29.1 Å². The van der Waals surface area contributed by atoms with Gasteiger partial charge in [0.25, 0.3) is 11.5 Å². The molecule has 7 heteroatoms. The van der Waals surface area contributed by atoms with Crippen molar-refractivity contribution in [1.82, 2.24) is 20.3 Å². The molecule has 26 heavy (non-hydrogen) atoms. The second-order valence-corrected chi connectivity index (χ2v) is 7.23. The second kappa shape index (κ2) is 7.21. The maximum absolute atomic E-state index is 12.2. The summed E-state index contributed by atoms with van der Waals surface area (Å²) in [5.41, 5.74) is 1.69. The molecule has 0 aliphatic heterocycles. The zero-order valence-electron chi connectivity index (χ0n) is 14.1. The normalized spacial score (nSPS) is 13.5. The summed E-state index contributed by atoms with van der Waals surface area (Å²) in [5.74, 6) is 0.632. The zero-order valence-corrected chi connectivity index (χ0v) is 14.9. The van der Waals surface area contributed by atoms with Gasteiger partial charge in [0.2, 0.25) is 0 Å². The van der Waals surface area contributed by atoms with Gasteiger partial charge in [-0.3, -0.25) is 9.59 Å². The maximum atomic E-state index is 12.2. The third-order valence-corrected chi connectivity index (χ3v) is 5.18. The van der Waals surface area contributed by atoms with Crippen LogP contribution in [0, 0.1) is 0 Å². The fraction of sp³-hybridized carbons (Fsp3) is 0.263. The lowest BCUT2D eigenvalue weighted by Gasteiger charge is -2.04. The molecular weight excluding hydrogens is 348 g/mol. The zero-order chi connectivity index (χ0) is 17.9. The quantitative estimate of drug-likeness (QED) is 0.702. The molecule has 2 heterocycles. The van der Waals surface area contributed by atoms with Gasteiger partial charge in [0.05, 0.1) is 10.7 Å². The molecule has 1 saturated carbocycles. The number of aromatic amines is 1. The minimum atomic E-state index is -0.402. The van der Waals surface area contributed by atoms with Gasteiger partial charge in [0.1, 0.15) is 11.4 Å². The highest BCUT2D eigenvalue weighted by atomic mass is 32.1. The molecule has 0 bridgehead atoms. The van der Waals surface area contributed by atoms with Gasteiger partial charge in [-0.1, -0.05) is 30.3 Å². The first-order valence-corrected chi connectivity index (χ1v) is 9.46. The van der Waals surface area contributed by atoms with E-state index in [1.807, 2.05) is 35.7 Å². The van der Waals surface area contributed by atoms with E-state index in [1.54, 1.807) is 11.3 Å². The van der Waals surface area contributed by atoms with Crippen molar-refractivity contribution in [3.05, 3.63) is 68.7 Å². The van der Waals surface area contributed by atoms with Crippen LogP contribution in [0.3, 0.4) is 0 Å². The first-order chi connectivity index (χ1) is 12.7. The summed E-state index contributed by atoms with van der Waals surface area (Å²) in [6.07, 6.45) is 4.09. The van der Waals surface area contributed by atoms with Crippen LogP contribution in [0.2, 0.25) is 0 Å². The number of nitrogens with one attached hydrogen (secondary N) is 2. The third kappa shape index (κ3) is 3.72. The predicted molar refractivity (Wildman–Crippen MR) is 100 cm³/mol. The van der Waals surface area contributed by atoms with E-state index >= 15 is 0 Å². The van der Waals surface area contributed by atoms with Gasteiger partial charge in [-0.2, -0.15) is 0 Å². The fourth-order valence-electron chi connectivity index (χ4n) is 2.68. The summed E-state index contributed by atoms with van der Waals surface area (Å²) in [5, 5.41) is 5.73. The number of hydrogen-bond acceptors (Lipinski definition) is 5. The van der Waals surface area contributed by atoms with Gasteiger partial charge in [0, 0.05) is 36.0 Å². The number of carbonyl (C=O) groups is 1. The average molecular weight is 366 g/mol. The van der Waals surface area contributed by atoms with Crippen LogP contribution in [0.1, 0.15) is 39.9 Å². The predicted octanol–water partition coefficient (Wildman–Crippen LogP) is 2.74. The van der Waals surface area contributed by atoms with Gasteiger partial charge >= 0.3 is 0 Å². The first kappa shape index (κ1) is 16.7. The highest BCUT2D eigenvalue weighted by molar-refractivity contribution is 7.09. The van der Waals surface area contributed by atoms with Crippen LogP contribution in [0.25, 0.3) is 11.3 Å². The van der Waals surface area contributed by atoms with E-state index < -0.39 is 5.91 Å². The Morgan fingerprint density at radius 3 is 2.81 bits per heavy atom. The van der Waals surface area contributed by atoms with Crippen molar-refractivity contribution >= 4 is 17.2 Å². The van der Waals surface area contributed by atoms with Gasteiger partial charge in [-0.25, -0.2) is 9.97 Å². The number of aromatic nitrogens is 3. The van der Waals surface area contributed by atoms with Crippen molar-refractivity contribution in [3.8, 4) is 11.3 Å². The molecule has 0 spiro atoms. The summed E-state index contributed by atoms with van der Waals surface area (Å²) < 4.78 is 0. The van der Waals surface area contributed by atoms with Crippen LogP contribution >= 0.6 is 11.3 Å². The third-order valence-electron chi connectivity index (χ3n) is 4.27. The summed E-state index contributed by atoms with van der Waals surface area (Å²) in [6, 6.07) is 9.97. The van der Waals surface area contributed by atoms with Crippen molar-refractivity contribution in [3.63, 3.8) is 0 Å². The van der Waals surface area contributed by atoms with Crippen LogP contribution in [-0.2, 0) is 6.42 Å². The van der Waals surface area contributed by atoms with Gasteiger partial charge in [0.15, 0.2) is 0 Å². The summed E-state index contributed by atoms with van der Waals surface area (Å²) in [7, 11) is 0. The standard InChI is InChI=1S/C19H18N4O2S/c24-18(14-10-21-17(13-6-7-13)23-19(14)25)20-9-8-16-22-15(11-26-16)12-4-2-1-3-5-12/h1-5,10-11,13H,6-9H2,(H,20,24)(H,21,23,25). The highest BCUT2D eigenvalue weighted by Gasteiger charge is 2.26. The molecule has 0 unspecified atom stereocenters. The molecular formula is C19H18N4O2S. The van der Waals surface area contributed by atoms with E-state index in [0.29, 0.717) is 24.7 Å². The molecule has 1 aromatic carbocycles. The maximum Gasteiger partial charge on any atom is 0.263 e. The molecule has 1 aliphatic carbocycles. The van der Waals surface area contributed by atoms with Crippen molar-refractivity contribution in [2.45, 2.75) is 25.2 Å². The van der Waals surface area contributed by atoms with Crippen LogP contribution in [0.15, 0.2) is 46.7 Å². The topological polar surface area (TPSA) is 87.7 Å². The highest BCUT2D eigenvalue weighted by Crippen LogP contribution is 2.37. The van der Waals surface area contributed by atoms with E-state index in [4.69, 9.17) is 0 Å². The molecule has 2 N–H and O–H groups in total. The minimum Gasteiger partial charge on any atom is -0.351 e. The molecule has 3 aromatic rings. The summed E-state index contributed by atoms with van der Waals surface area (Å²) in [6.45, 7) is 0.421. The van der Waals surface area contributed by atoms with E-state index in [-0.39, 0.29) is 11.1 Å². The van der Waals surface area contributed by atoms with Crippen LogP contribution in [0.4, 0.5) is 0 Å². The Kier molecular flexibility index (Phi) is 4.62. The fourth-order valence-corrected chi connectivity index (χ4v) is 3.49. The van der Waals surface area contributed by atoms with Crippen molar-refractivity contribution in [2.75, 3.05) is 6.54 Å². The Bertz CT molecular complexity index is 976. The van der Waals surface area contributed by atoms with Gasteiger partial charge in [-0.05, 0) is 12.8 Å². The lowest BCUT2D eigenvalue weighted by atomic mass is 10.2. The van der Waals surface area contributed by atoms with E-state index in [9.17, 15) is 9.59 Å². The molecule has 0 atom stereocenters. The Hall–Kier alpha value is -2.80. The monoisotopic (exact) mass is 366 g/mol. The first-order valence-electron chi connectivity index (χ1n) is 8.58. The van der Waals surface area contributed by atoms with E-state index in [1.165, 1.54) is 6.20 Å². The summed E-state index contributed by atoms with van der Waals surface area (Å²) in [4.78, 5) is 35.7. The van der Waals surface area contributed by atoms with Crippen LogP contribution in [0.5, 0.6) is 0 Å². The Balaban J connectivity index is 1.34. The number of hydrogen-bond donors (Lipinski definition) is 2. The SMILES string of the molecule is O=C(NCCc1nc(-c2ccccc2)cs1)c1cnc(C2CC2)[nH]c1=O. The smallest absolute Gasteiger partial charge is 0.263 e. The molecule has 4 rings (SSSR count). The number of amides is 1. The molecule has 1 amide bonds. The molecule has 2 aromatic heterocycles. The Labute approximate surface area is 154 Å². The number of carbonyl (C=O) groups excluding carboxylic acids is 1. The van der Waals surface area contributed by atoms with Crippen molar-refractivity contribution in [2.24, 2.45) is 0 Å². The van der Waals surface area contributed by atoms with Crippen LogP contribution in [-0.4, -0.2) is 27.4 Å². The average Bonchev–Trinajstić information content (AvgIpc) is 3.41. The van der Waals surface area contributed by atoms with Gasteiger partial charge < -0.3 is 10.3 Å². The Morgan fingerprint density at radius 1 is 1.27 bits per heavy atom. The number of thiazole rings is 1. The second-order valence-electron chi connectivity index (χ2n) is 6.28. The minimum absolute atomic E-state index is 0.0542. The van der Waals surface area contributed by atoms with E-state index in [2.05, 4.69) is 20.3 Å². The molecule has 0 saturated heterocycles. The lowest BCUT2D eigenvalue weighted by molar-refractivity contribution is 0.0952. The number of benzene rings is 1. The largest absolute Gasteiger partial charge is 0.351 e.